The van der Waals surface area contributed by atoms with E-state index in [2.05, 4.69) is 12.2 Å². The van der Waals surface area contributed by atoms with Gasteiger partial charge in [-0.25, -0.2) is 0 Å². The Balaban J connectivity index is -0.00000220. The summed E-state index contributed by atoms with van der Waals surface area (Å²) in [5.74, 6) is -2.96. The van der Waals surface area contributed by atoms with Gasteiger partial charge in [0.05, 0.1) is 18.1 Å². The molecule has 0 aliphatic rings. The van der Waals surface area contributed by atoms with Crippen molar-refractivity contribution < 1.29 is 84.0 Å². The number of rotatable bonds is 15. The van der Waals surface area contributed by atoms with Gasteiger partial charge in [-0.05, 0) is 6.42 Å². The number of aliphatic hydroxyl groups is 1. The van der Waals surface area contributed by atoms with Crippen LogP contribution in [0.4, 0.5) is 0 Å². The van der Waals surface area contributed by atoms with Crippen LogP contribution in [0.3, 0.4) is 0 Å². The molecule has 2 N–H and O–H groups in total. The first-order chi connectivity index (χ1) is 10.5. The van der Waals surface area contributed by atoms with Crippen molar-refractivity contribution in [2.75, 3.05) is 6.54 Å². The predicted octanol–water partition coefficient (Wildman–Crippen LogP) is -6.27. The Kier molecular flexibility index (Phi) is 24.9. The summed E-state index contributed by atoms with van der Waals surface area (Å²) in [5, 5.41) is 33.3. The number of unbranched alkanes of at least 4 members (excludes halogenated alkanes) is 7. The SMILES string of the molecule is CCCCCCCCCCC(O)CN[C@@H](CC(=O)[O-])C(=O)[O-].[Na+].[Na+]. The zero-order chi connectivity index (χ0) is 16.8. The molecule has 0 aromatic rings. The number of hydrogen-bond acceptors (Lipinski definition) is 6. The van der Waals surface area contributed by atoms with Gasteiger partial charge in [0.15, 0.2) is 0 Å². The topological polar surface area (TPSA) is 113 Å². The summed E-state index contributed by atoms with van der Waals surface area (Å²) >= 11 is 0. The van der Waals surface area contributed by atoms with Crippen LogP contribution in [0.2, 0.25) is 0 Å². The first-order valence-electron chi connectivity index (χ1n) is 8.29. The number of carboxylic acids is 2. The molecule has 2 atom stereocenters. The van der Waals surface area contributed by atoms with E-state index < -0.39 is 30.5 Å². The van der Waals surface area contributed by atoms with Gasteiger partial charge in [-0.3, -0.25) is 0 Å². The van der Waals surface area contributed by atoms with Gasteiger partial charge in [-0.2, -0.15) is 0 Å². The maximum atomic E-state index is 10.7. The first kappa shape index (κ1) is 29.6. The van der Waals surface area contributed by atoms with Crippen LogP contribution in [0.1, 0.15) is 71.1 Å². The van der Waals surface area contributed by atoms with Crippen LogP contribution < -0.4 is 74.6 Å². The van der Waals surface area contributed by atoms with Gasteiger partial charge in [-0.15, -0.1) is 0 Å². The summed E-state index contributed by atoms with van der Waals surface area (Å²) in [5.41, 5.74) is 0. The zero-order valence-electron chi connectivity index (χ0n) is 15.5. The van der Waals surface area contributed by atoms with Crippen molar-refractivity contribution in [2.24, 2.45) is 0 Å². The molecule has 0 aliphatic carbocycles. The maximum Gasteiger partial charge on any atom is 1.00 e. The fourth-order valence-corrected chi connectivity index (χ4v) is 2.30. The molecular formula is C16H29NNa2O5. The minimum atomic E-state index is -1.50. The van der Waals surface area contributed by atoms with Gasteiger partial charge < -0.3 is 30.2 Å². The van der Waals surface area contributed by atoms with E-state index in [1.165, 1.54) is 32.1 Å². The molecule has 0 radical (unpaired) electrons. The molecule has 0 rings (SSSR count). The molecule has 6 nitrogen and oxygen atoms in total. The van der Waals surface area contributed by atoms with E-state index in [0.717, 1.165) is 19.3 Å². The van der Waals surface area contributed by atoms with Crippen LogP contribution in [0.15, 0.2) is 0 Å². The standard InChI is InChI=1S/C16H31NO5.2Na/c1-2-3-4-5-6-7-8-9-10-13(18)12-17-14(16(21)22)11-15(19)20;;/h13-14,17-18H,2-12H2,1H3,(H,19,20)(H,21,22);;/q;2*+1/p-2/t13?,14-;;/m0../s1. The second-order valence-corrected chi connectivity index (χ2v) is 5.77. The number of carboxylic acid groups (broad SMARTS) is 2. The van der Waals surface area contributed by atoms with Crippen molar-refractivity contribution in [3.05, 3.63) is 0 Å². The van der Waals surface area contributed by atoms with Gasteiger partial charge in [0.2, 0.25) is 0 Å². The Morgan fingerprint density at radius 2 is 1.46 bits per heavy atom. The predicted molar refractivity (Wildman–Crippen MR) is 79.7 cm³/mol. The summed E-state index contributed by atoms with van der Waals surface area (Å²) in [6.07, 6.45) is 8.60. The number of hydrogen-bond donors (Lipinski definition) is 2. The summed E-state index contributed by atoms with van der Waals surface area (Å²) in [4.78, 5) is 21.1. The molecule has 24 heavy (non-hydrogen) atoms. The number of aliphatic carboxylic acids is 2. The van der Waals surface area contributed by atoms with Gasteiger partial charge in [0.1, 0.15) is 0 Å². The van der Waals surface area contributed by atoms with Gasteiger partial charge in [0.25, 0.3) is 0 Å². The second-order valence-electron chi connectivity index (χ2n) is 5.77. The van der Waals surface area contributed by atoms with Crippen molar-refractivity contribution in [1.82, 2.24) is 5.32 Å². The molecule has 0 saturated carbocycles. The molecule has 130 valence electrons. The van der Waals surface area contributed by atoms with Crippen LogP contribution in [0.5, 0.6) is 0 Å². The van der Waals surface area contributed by atoms with Crippen molar-refractivity contribution in [3.8, 4) is 0 Å². The number of carbonyl (C=O) groups excluding carboxylic acids is 2. The van der Waals surface area contributed by atoms with Gasteiger partial charge in [-0.1, -0.05) is 58.3 Å². The minimum Gasteiger partial charge on any atom is -0.550 e. The van der Waals surface area contributed by atoms with Crippen LogP contribution >= 0.6 is 0 Å². The van der Waals surface area contributed by atoms with E-state index in [1.54, 1.807) is 0 Å². The summed E-state index contributed by atoms with van der Waals surface area (Å²) in [7, 11) is 0. The third-order valence-corrected chi connectivity index (χ3v) is 3.65. The molecule has 0 heterocycles. The quantitative estimate of drug-likeness (QED) is 0.222. The molecule has 0 aromatic carbocycles. The van der Waals surface area contributed by atoms with Crippen molar-refractivity contribution >= 4 is 11.9 Å². The Morgan fingerprint density at radius 3 is 1.92 bits per heavy atom. The fraction of sp³-hybridized carbons (Fsp3) is 0.875. The number of carbonyl (C=O) groups is 2. The van der Waals surface area contributed by atoms with E-state index in [9.17, 15) is 24.9 Å². The number of nitrogens with one attached hydrogen (secondary N) is 1. The van der Waals surface area contributed by atoms with Crippen molar-refractivity contribution in [1.29, 1.82) is 0 Å². The molecule has 0 amide bonds. The van der Waals surface area contributed by atoms with Crippen LogP contribution in [0, 0.1) is 0 Å². The van der Waals surface area contributed by atoms with E-state index >= 15 is 0 Å². The second kappa shape index (κ2) is 20.2. The summed E-state index contributed by atoms with van der Waals surface area (Å²) in [6.45, 7) is 2.23. The fourth-order valence-electron chi connectivity index (χ4n) is 2.30. The number of aliphatic hydroxyl groups excluding tert-OH is 1. The molecule has 0 fully saturated rings. The summed E-state index contributed by atoms with van der Waals surface area (Å²) < 4.78 is 0. The third-order valence-electron chi connectivity index (χ3n) is 3.65. The van der Waals surface area contributed by atoms with Crippen LogP contribution in [-0.2, 0) is 9.59 Å². The molecule has 0 aliphatic heterocycles. The average Bonchev–Trinajstić information content (AvgIpc) is 2.45. The minimum absolute atomic E-state index is 0. The Bertz CT molecular complexity index is 319. The monoisotopic (exact) mass is 361 g/mol. The van der Waals surface area contributed by atoms with E-state index in [-0.39, 0.29) is 65.7 Å². The Morgan fingerprint density at radius 1 is 0.958 bits per heavy atom. The average molecular weight is 361 g/mol. The van der Waals surface area contributed by atoms with Gasteiger partial charge >= 0.3 is 59.1 Å². The van der Waals surface area contributed by atoms with Gasteiger partial charge in [0, 0.05) is 18.9 Å². The molecule has 1 unspecified atom stereocenters. The molecular weight excluding hydrogens is 332 g/mol. The van der Waals surface area contributed by atoms with E-state index in [0.29, 0.717) is 6.42 Å². The Hall–Kier alpha value is 0.860. The molecule has 0 spiro atoms. The van der Waals surface area contributed by atoms with Crippen LogP contribution in [0.25, 0.3) is 0 Å². The van der Waals surface area contributed by atoms with E-state index in [1.807, 2.05) is 0 Å². The maximum absolute atomic E-state index is 10.7. The molecule has 0 aromatic heterocycles. The third kappa shape index (κ3) is 19.2. The van der Waals surface area contributed by atoms with Crippen molar-refractivity contribution in [2.45, 2.75) is 83.3 Å². The molecule has 0 bridgehead atoms. The largest absolute Gasteiger partial charge is 1.00 e. The van der Waals surface area contributed by atoms with Crippen LogP contribution in [-0.4, -0.2) is 35.7 Å². The Labute approximate surface area is 189 Å². The van der Waals surface area contributed by atoms with Crippen molar-refractivity contribution in [3.63, 3.8) is 0 Å². The van der Waals surface area contributed by atoms with E-state index in [4.69, 9.17) is 0 Å². The summed E-state index contributed by atoms with van der Waals surface area (Å²) in [6, 6.07) is -1.32. The molecule has 0 saturated heterocycles. The first-order valence-corrected chi connectivity index (χ1v) is 8.29. The normalized spacial score (nSPS) is 12.6. The zero-order valence-corrected chi connectivity index (χ0v) is 19.5. The molecule has 8 heteroatoms. The smallest absolute Gasteiger partial charge is 0.550 e.